The van der Waals surface area contributed by atoms with Crippen molar-refractivity contribution in [3.8, 4) is 0 Å². The number of halogens is 1. The van der Waals surface area contributed by atoms with Crippen LogP contribution in [-0.4, -0.2) is 42.0 Å². The Kier molecular flexibility index (Phi) is 3.70. The van der Waals surface area contributed by atoms with Gasteiger partial charge in [0.25, 0.3) is 5.91 Å². The first-order chi connectivity index (χ1) is 10.2. The Balaban J connectivity index is 1.67. The Bertz CT molecular complexity index is 650. The first-order valence-electron chi connectivity index (χ1n) is 6.63. The Morgan fingerprint density at radius 2 is 2.05 bits per heavy atom. The quantitative estimate of drug-likeness (QED) is 0.916. The second-order valence-electron chi connectivity index (χ2n) is 4.82. The summed E-state index contributed by atoms with van der Waals surface area (Å²) in [7, 11) is 0. The first-order valence-corrected chi connectivity index (χ1v) is 7.01. The Morgan fingerprint density at radius 1 is 1.29 bits per heavy atom. The van der Waals surface area contributed by atoms with Crippen LogP contribution in [0.4, 0.5) is 11.4 Å². The van der Waals surface area contributed by atoms with Gasteiger partial charge in [-0.15, -0.1) is 0 Å². The van der Waals surface area contributed by atoms with Crippen molar-refractivity contribution in [2.24, 2.45) is 0 Å². The third kappa shape index (κ3) is 2.67. The number of hydrogen-bond acceptors (Lipinski definition) is 5. The molecule has 1 amide bonds. The Hall–Kier alpha value is -2.21. The maximum absolute atomic E-state index is 12.3. The highest BCUT2D eigenvalue weighted by Gasteiger charge is 2.25. The molecular formula is C14H15ClN4O2. The Labute approximate surface area is 127 Å². The molecule has 0 spiro atoms. The van der Waals surface area contributed by atoms with Gasteiger partial charge in [-0.05, 0) is 23.7 Å². The van der Waals surface area contributed by atoms with Gasteiger partial charge < -0.3 is 20.0 Å². The van der Waals surface area contributed by atoms with Crippen LogP contribution in [0.25, 0.3) is 0 Å². The van der Waals surface area contributed by atoms with Gasteiger partial charge in [0.1, 0.15) is 0 Å². The van der Waals surface area contributed by atoms with E-state index in [1.165, 1.54) is 6.26 Å². The highest BCUT2D eigenvalue weighted by molar-refractivity contribution is 6.32. The van der Waals surface area contributed by atoms with Gasteiger partial charge in [0.05, 0.1) is 29.4 Å². The van der Waals surface area contributed by atoms with Crippen LogP contribution in [0.2, 0.25) is 5.22 Å². The van der Waals surface area contributed by atoms with Crippen molar-refractivity contribution in [1.82, 2.24) is 9.88 Å². The molecule has 0 radical (unpaired) electrons. The van der Waals surface area contributed by atoms with Crippen molar-refractivity contribution in [3.63, 3.8) is 0 Å². The van der Waals surface area contributed by atoms with E-state index in [2.05, 4.69) is 9.88 Å². The maximum atomic E-state index is 12.3. The van der Waals surface area contributed by atoms with Crippen LogP contribution in [-0.2, 0) is 0 Å². The molecule has 0 unspecified atom stereocenters. The summed E-state index contributed by atoms with van der Waals surface area (Å²) in [5.74, 6) is -0.101. The third-order valence-corrected chi connectivity index (χ3v) is 3.88. The van der Waals surface area contributed by atoms with Crippen molar-refractivity contribution >= 4 is 28.9 Å². The lowest BCUT2D eigenvalue weighted by atomic mass is 10.2. The van der Waals surface area contributed by atoms with Crippen LogP contribution in [0, 0.1) is 0 Å². The summed E-state index contributed by atoms with van der Waals surface area (Å²) in [5, 5.41) is 0.140. The zero-order chi connectivity index (χ0) is 14.8. The lowest BCUT2D eigenvalue weighted by molar-refractivity contribution is 0.0746. The summed E-state index contributed by atoms with van der Waals surface area (Å²) >= 11 is 5.85. The molecule has 0 atom stereocenters. The fourth-order valence-electron chi connectivity index (χ4n) is 2.45. The van der Waals surface area contributed by atoms with E-state index in [1.807, 2.05) is 6.07 Å². The molecule has 1 aliphatic rings. The SMILES string of the molecule is Nc1cnccc1N1CCN(C(=O)c2ccoc2Cl)CC1. The molecule has 21 heavy (non-hydrogen) atoms. The number of nitrogen functional groups attached to an aromatic ring is 1. The minimum Gasteiger partial charge on any atom is -0.452 e. The molecule has 110 valence electrons. The van der Waals surface area contributed by atoms with E-state index in [9.17, 15) is 4.79 Å². The standard InChI is InChI=1S/C14H15ClN4O2/c15-13-10(2-8-21-13)14(20)19-6-4-18(5-7-19)12-1-3-17-9-11(12)16/h1-3,8-9H,4-7,16H2. The lowest BCUT2D eigenvalue weighted by Gasteiger charge is -2.36. The van der Waals surface area contributed by atoms with Gasteiger partial charge in [0.2, 0.25) is 5.22 Å². The number of hydrogen-bond donors (Lipinski definition) is 1. The number of furan rings is 1. The molecule has 0 aromatic carbocycles. The summed E-state index contributed by atoms with van der Waals surface area (Å²) in [4.78, 5) is 20.2. The average Bonchev–Trinajstić information content (AvgIpc) is 2.93. The molecule has 2 N–H and O–H groups in total. The molecule has 3 heterocycles. The molecule has 1 fully saturated rings. The van der Waals surface area contributed by atoms with E-state index in [4.69, 9.17) is 21.8 Å². The number of amides is 1. The largest absolute Gasteiger partial charge is 0.452 e. The first kappa shape index (κ1) is 13.8. The lowest BCUT2D eigenvalue weighted by Crippen LogP contribution is -2.49. The predicted molar refractivity (Wildman–Crippen MR) is 80.5 cm³/mol. The van der Waals surface area contributed by atoms with Gasteiger partial charge in [-0.25, -0.2) is 0 Å². The zero-order valence-electron chi connectivity index (χ0n) is 11.3. The summed E-state index contributed by atoms with van der Waals surface area (Å²) in [5.41, 5.74) is 7.94. The molecule has 3 rings (SSSR count). The van der Waals surface area contributed by atoms with Crippen LogP contribution < -0.4 is 10.6 Å². The van der Waals surface area contributed by atoms with Crippen molar-refractivity contribution in [2.75, 3.05) is 36.8 Å². The molecule has 0 saturated carbocycles. The summed E-state index contributed by atoms with van der Waals surface area (Å²) in [6.45, 7) is 2.66. The van der Waals surface area contributed by atoms with Crippen molar-refractivity contribution in [1.29, 1.82) is 0 Å². The van der Waals surface area contributed by atoms with Crippen molar-refractivity contribution in [2.45, 2.75) is 0 Å². The number of anilines is 2. The fourth-order valence-corrected chi connectivity index (χ4v) is 2.65. The Morgan fingerprint density at radius 3 is 2.67 bits per heavy atom. The van der Waals surface area contributed by atoms with E-state index in [0.717, 1.165) is 18.8 Å². The van der Waals surface area contributed by atoms with Gasteiger partial charge >= 0.3 is 0 Å². The average molecular weight is 307 g/mol. The molecule has 2 aromatic heterocycles. The molecular weight excluding hydrogens is 292 g/mol. The van der Waals surface area contributed by atoms with Crippen LogP contribution in [0.3, 0.4) is 0 Å². The number of aromatic nitrogens is 1. The number of carbonyl (C=O) groups excluding carboxylic acids is 1. The number of pyridine rings is 1. The summed E-state index contributed by atoms with van der Waals surface area (Å²) in [6.07, 6.45) is 4.77. The normalized spacial score (nSPS) is 15.3. The van der Waals surface area contributed by atoms with Crippen LogP contribution >= 0.6 is 11.6 Å². The molecule has 6 nitrogen and oxygen atoms in total. The summed E-state index contributed by atoms with van der Waals surface area (Å²) in [6, 6.07) is 3.48. The molecule has 0 aliphatic carbocycles. The van der Waals surface area contributed by atoms with Gasteiger partial charge in [0.15, 0.2) is 0 Å². The van der Waals surface area contributed by atoms with E-state index in [-0.39, 0.29) is 11.1 Å². The highest BCUT2D eigenvalue weighted by atomic mass is 35.5. The smallest absolute Gasteiger partial charge is 0.258 e. The summed E-state index contributed by atoms with van der Waals surface area (Å²) < 4.78 is 4.97. The predicted octanol–water partition coefficient (Wildman–Crippen LogP) is 1.87. The van der Waals surface area contributed by atoms with E-state index >= 15 is 0 Å². The van der Waals surface area contributed by atoms with Crippen molar-refractivity contribution < 1.29 is 9.21 Å². The monoisotopic (exact) mass is 306 g/mol. The third-order valence-electron chi connectivity index (χ3n) is 3.58. The second kappa shape index (κ2) is 5.65. The van der Waals surface area contributed by atoms with Gasteiger partial charge in [0, 0.05) is 32.4 Å². The van der Waals surface area contributed by atoms with Crippen LogP contribution in [0.1, 0.15) is 10.4 Å². The van der Waals surface area contributed by atoms with Gasteiger partial charge in [-0.2, -0.15) is 0 Å². The van der Waals surface area contributed by atoms with E-state index < -0.39 is 0 Å². The number of carbonyl (C=O) groups is 1. The number of nitrogens with zero attached hydrogens (tertiary/aromatic N) is 3. The van der Waals surface area contributed by atoms with Crippen LogP contribution in [0.5, 0.6) is 0 Å². The van der Waals surface area contributed by atoms with E-state index in [1.54, 1.807) is 23.4 Å². The van der Waals surface area contributed by atoms with Gasteiger partial charge in [-0.3, -0.25) is 9.78 Å². The molecule has 1 aliphatic heterocycles. The van der Waals surface area contributed by atoms with Gasteiger partial charge in [-0.1, -0.05) is 0 Å². The fraction of sp³-hybridized carbons (Fsp3) is 0.286. The van der Waals surface area contributed by atoms with E-state index in [0.29, 0.717) is 24.3 Å². The molecule has 2 aromatic rings. The second-order valence-corrected chi connectivity index (χ2v) is 5.17. The zero-order valence-corrected chi connectivity index (χ0v) is 12.1. The number of piperazine rings is 1. The van der Waals surface area contributed by atoms with Crippen molar-refractivity contribution in [3.05, 3.63) is 41.6 Å². The highest BCUT2D eigenvalue weighted by Crippen LogP contribution is 2.24. The minimum atomic E-state index is -0.101. The number of nitrogens with two attached hydrogens (primary N) is 1. The van der Waals surface area contributed by atoms with Crippen LogP contribution in [0.15, 0.2) is 35.2 Å². The topological polar surface area (TPSA) is 75.6 Å². The number of rotatable bonds is 2. The maximum Gasteiger partial charge on any atom is 0.258 e. The minimum absolute atomic E-state index is 0.101. The molecule has 1 saturated heterocycles. The molecule has 7 heteroatoms. The molecule has 0 bridgehead atoms.